The average Bonchev–Trinajstić information content (AvgIpc) is 3.10. The Morgan fingerprint density at radius 3 is 2.54 bits per heavy atom. The standard InChI is InChI=1S/C19H14BrFN6O/c1-27-10-11(8-23-27)18-9-22-16-5-3-13(7-17(16)26-18)25-19(28)24-12-2-4-15(21)14(20)6-12/h2-10H,1H3,(H2,24,25,28). The van der Waals surface area contributed by atoms with E-state index in [1.807, 2.05) is 13.2 Å². The minimum Gasteiger partial charge on any atom is -0.308 e. The molecule has 0 aliphatic heterocycles. The molecule has 0 aliphatic carbocycles. The Balaban J connectivity index is 1.54. The molecule has 4 rings (SSSR count). The van der Waals surface area contributed by atoms with Gasteiger partial charge in [0.2, 0.25) is 0 Å². The zero-order valence-corrected chi connectivity index (χ0v) is 16.2. The van der Waals surface area contributed by atoms with Gasteiger partial charge in [0.1, 0.15) is 5.82 Å². The summed E-state index contributed by atoms with van der Waals surface area (Å²) in [6, 6.07) is 9.04. The van der Waals surface area contributed by atoms with Gasteiger partial charge in [0.05, 0.1) is 33.6 Å². The number of benzene rings is 2. The van der Waals surface area contributed by atoms with E-state index in [9.17, 15) is 9.18 Å². The zero-order chi connectivity index (χ0) is 19.7. The number of halogens is 2. The molecule has 0 atom stereocenters. The van der Waals surface area contributed by atoms with Gasteiger partial charge in [-0.05, 0) is 52.3 Å². The summed E-state index contributed by atoms with van der Waals surface area (Å²) in [5, 5.41) is 9.53. The van der Waals surface area contributed by atoms with Crippen molar-refractivity contribution < 1.29 is 9.18 Å². The number of carbonyl (C=O) groups is 1. The molecule has 4 aromatic rings. The topological polar surface area (TPSA) is 84.7 Å². The fourth-order valence-electron chi connectivity index (χ4n) is 2.65. The van der Waals surface area contributed by atoms with Crippen LogP contribution < -0.4 is 10.6 Å². The molecule has 0 aliphatic rings. The number of carbonyl (C=O) groups excluding carboxylic acids is 1. The molecular formula is C19H14BrFN6O. The van der Waals surface area contributed by atoms with Crippen LogP contribution in [0.25, 0.3) is 22.3 Å². The maximum atomic E-state index is 13.3. The fourth-order valence-corrected chi connectivity index (χ4v) is 3.03. The Kier molecular flexibility index (Phi) is 4.74. The van der Waals surface area contributed by atoms with Crippen molar-refractivity contribution in [3.63, 3.8) is 0 Å². The number of nitrogens with one attached hydrogen (secondary N) is 2. The Morgan fingerprint density at radius 2 is 1.82 bits per heavy atom. The first-order valence-electron chi connectivity index (χ1n) is 8.27. The summed E-state index contributed by atoms with van der Waals surface area (Å²) in [5.74, 6) is -0.400. The summed E-state index contributed by atoms with van der Waals surface area (Å²) in [7, 11) is 1.83. The SMILES string of the molecule is Cn1cc(-c2cnc3ccc(NC(=O)Nc4ccc(F)c(Br)c4)cc3n2)cn1. The van der Waals surface area contributed by atoms with E-state index in [0.717, 1.165) is 5.56 Å². The number of aryl methyl sites for hydroxylation is 1. The first-order chi connectivity index (χ1) is 13.5. The van der Waals surface area contributed by atoms with Gasteiger partial charge in [0.25, 0.3) is 0 Å². The van der Waals surface area contributed by atoms with Crippen molar-refractivity contribution in [2.45, 2.75) is 0 Å². The molecule has 0 radical (unpaired) electrons. The van der Waals surface area contributed by atoms with Crippen LogP contribution in [0.1, 0.15) is 0 Å². The van der Waals surface area contributed by atoms with Crippen molar-refractivity contribution in [2.75, 3.05) is 10.6 Å². The van der Waals surface area contributed by atoms with Gasteiger partial charge in [0, 0.05) is 30.2 Å². The van der Waals surface area contributed by atoms with E-state index >= 15 is 0 Å². The molecule has 0 bridgehead atoms. The van der Waals surface area contributed by atoms with Gasteiger partial charge in [-0.15, -0.1) is 0 Å². The highest BCUT2D eigenvalue weighted by atomic mass is 79.9. The van der Waals surface area contributed by atoms with Crippen molar-refractivity contribution in [3.05, 3.63) is 65.3 Å². The van der Waals surface area contributed by atoms with E-state index in [-0.39, 0.29) is 4.47 Å². The lowest BCUT2D eigenvalue weighted by molar-refractivity contribution is 0.262. The van der Waals surface area contributed by atoms with Gasteiger partial charge >= 0.3 is 6.03 Å². The number of amides is 2. The molecule has 0 saturated carbocycles. The molecule has 2 aromatic carbocycles. The van der Waals surface area contributed by atoms with Crippen LogP contribution in [-0.2, 0) is 7.05 Å². The molecule has 7 nitrogen and oxygen atoms in total. The molecule has 2 amide bonds. The number of hydrogen-bond acceptors (Lipinski definition) is 4. The molecule has 28 heavy (non-hydrogen) atoms. The lowest BCUT2D eigenvalue weighted by atomic mass is 10.2. The minimum absolute atomic E-state index is 0.272. The van der Waals surface area contributed by atoms with Crippen molar-refractivity contribution in [1.29, 1.82) is 0 Å². The summed E-state index contributed by atoms with van der Waals surface area (Å²) in [5.41, 5.74) is 3.92. The van der Waals surface area contributed by atoms with Crippen molar-refractivity contribution in [2.24, 2.45) is 7.05 Å². The first-order valence-corrected chi connectivity index (χ1v) is 9.06. The molecule has 0 spiro atoms. The van der Waals surface area contributed by atoms with E-state index in [0.29, 0.717) is 28.1 Å². The third kappa shape index (κ3) is 3.84. The smallest absolute Gasteiger partial charge is 0.308 e. The quantitative estimate of drug-likeness (QED) is 0.488. The van der Waals surface area contributed by atoms with Crippen molar-refractivity contribution in [3.8, 4) is 11.3 Å². The van der Waals surface area contributed by atoms with E-state index in [1.54, 1.807) is 35.3 Å². The van der Waals surface area contributed by atoms with Gasteiger partial charge in [-0.25, -0.2) is 14.2 Å². The van der Waals surface area contributed by atoms with Crippen LogP contribution in [0.4, 0.5) is 20.6 Å². The molecule has 2 heterocycles. The van der Waals surface area contributed by atoms with Crippen LogP contribution in [0.5, 0.6) is 0 Å². The third-order valence-electron chi connectivity index (χ3n) is 3.98. The number of nitrogens with zero attached hydrogens (tertiary/aromatic N) is 4. The normalized spacial score (nSPS) is 10.8. The van der Waals surface area contributed by atoms with Gasteiger partial charge < -0.3 is 10.6 Å². The van der Waals surface area contributed by atoms with Crippen LogP contribution in [0, 0.1) is 5.82 Å². The predicted octanol–water partition coefficient (Wildman–Crippen LogP) is 4.58. The van der Waals surface area contributed by atoms with E-state index < -0.39 is 11.8 Å². The van der Waals surface area contributed by atoms with Crippen molar-refractivity contribution in [1.82, 2.24) is 19.7 Å². The second-order valence-electron chi connectivity index (χ2n) is 6.07. The first kappa shape index (κ1) is 18.1. The van der Waals surface area contributed by atoms with E-state index in [2.05, 4.69) is 41.6 Å². The monoisotopic (exact) mass is 440 g/mol. The van der Waals surface area contributed by atoms with E-state index in [4.69, 9.17) is 0 Å². The van der Waals surface area contributed by atoms with Gasteiger partial charge in [-0.2, -0.15) is 5.10 Å². The Hall–Kier alpha value is -3.33. The zero-order valence-electron chi connectivity index (χ0n) is 14.6. The third-order valence-corrected chi connectivity index (χ3v) is 4.59. The summed E-state index contributed by atoms with van der Waals surface area (Å²) >= 11 is 3.09. The summed E-state index contributed by atoms with van der Waals surface area (Å²) in [4.78, 5) is 21.2. The van der Waals surface area contributed by atoms with Crippen LogP contribution in [0.15, 0.2) is 59.5 Å². The van der Waals surface area contributed by atoms with Crippen LogP contribution in [0.2, 0.25) is 0 Å². The van der Waals surface area contributed by atoms with Crippen LogP contribution >= 0.6 is 15.9 Å². The fraction of sp³-hybridized carbons (Fsp3) is 0.0526. The molecule has 2 N–H and O–H groups in total. The number of anilines is 2. The molecule has 0 fully saturated rings. The number of rotatable bonds is 3. The molecule has 2 aromatic heterocycles. The minimum atomic E-state index is -0.450. The number of urea groups is 1. The molecule has 0 unspecified atom stereocenters. The molecule has 0 saturated heterocycles. The Morgan fingerprint density at radius 1 is 1.07 bits per heavy atom. The van der Waals surface area contributed by atoms with E-state index in [1.165, 1.54) is 18.2 Å². The number of hydrogen-bond donors (Lipinski definition) is 2. The van der Waals surface area contributed by atoms with Crippen LogP contribution in [0.3, 0.4) is 0 Å². The van der Waals surface area contributed by atoms with Crippen molar-refractivity contribution >= 4 is 44.4 Å². The number of fused-ring (bicyclic) bond motifs is 1. The Labute approximate surface area is 167 Å². The molecule has 140 valence electrons. The maximum Gasteiger partial charge on any atom is 0.323 e. The largest absolute Gasteiger partial charge is 0.323 e. The Bertz CT molecular complexity index is 1190. The number of aromatic nitrogens is 4. The van der Waals surface area contributed by atoms with Gasteiger partial charge in [-0.1, -0.05) is 0 Å². The highest BCUT2D eigenvalue weighted by Crippen LogP contribution is 2.22. The second kappa shape index (κ2) is 7.35. The lowest BCUT2D eigenvalue weighted by Gasteiger charge is -2.09. The molecular weight excluding hydrogens is 427 g/mol. The summed E-state index contributed by atoms with van der Waals surface area (Å²) in [6.45, 7) is 0. The summed E-state index contributed by atoms with van der Waals surface area (Å²) in [6.07, 6.45) is 5.25. The van der Waals surface area contributed by atoms with Crippen LogP contribution in [-0.4, -0.2) is 25.8 Å². The molecule has 9 heteroatoms. The van der Waals surface area contributed by atoms with Gasteiger partial charge in [-0.3, -0.25) is 9.67 Å². The predicted molar refractivity (Wildman–Crippen MR) is 108 cm³/mol. The highest BCUT2D eigenvalue weighted by molar-refractivity contribution is 9.10. The second-order valence-corrected chi connectivity index (χ2v) is 6.92. The average molecular weight is 441 g/mol. The summed E-state index contributed by atoms with van der Waals surface area (Å²) < 4.78 is 15.3. The highest BCUT2D eigenvalue weighted by Gasteiger charge is 2.08. The maximum absolute atomic E-state index is 13.3. The lowest BCUT2D eigenvalue weighted by Crippen LogP contribution is -2.19. The van der Waals surface area contributed by atoms with Gasteiger partial charge in [0.15, 0.2) is 0 Å².